The summed E-state index contributed by atoms with van der Waals surface area (Å²) in [6.45, 7) is 0. The van der Waals surface area contributed by atoms with E-state index in [1.165, 1.54) is 7.05 Å². The number of anilines is 1. The smallest absolute Gasteiger partial charge is 0.290 e. The van der Waals surface area contributed by atoms with Crippen molar-refractivity contribution in [1.82, 2.24) is 4.98 Å². The standard InChI is InChI=1S/C14H10BrN5O5S/c1-16-14(18-12-3-2-9(15)6-17-12)26-13-8(7-21)4-10(19(22)23)5-11(13)20(24)25/h2-7H,1H3,(H,16,17,18). The van der Waals surface area contributed by atoms with Crippen molar-refractivity contribution >= 4 is 56.3 Å². The van der Waals surface area contributed by atoms with E-state index in [1.54, 1.807) is 18.3 Å². The molecule has 1 heterocycles. The number of hydrogen-bond donors (Lipinski definition) is 1. The minimum atomic E-state index is -0.798. The molecule has 0 atom stereocenters. The third kappa shape index (κ3) is 4.61. The highest BCUT2D eigenvalue weighted by atomic mass is 79.9. The molecule has 0 amide bonds. The summed E-state index contributed by atoms with van der Waals surface area (Å²) in [5.74, 6) is 0.429. The number of thioether (sulfide) groups is 1. The van der Waals surface area contributed by atoms with E-state index in [9.17, 15) is 25.0 Å². The monoisotopic (exact) mass is 439 g/mol. The molecule has 0 radical (unpaired) electrons. The molecule has 0 saturated heterocycles. The fraction of sp³-hybridized carbons (Fsp3) is 0.0714. The van der Waals surface area contributed by atoms with Crippen LogP contribution in [0.25, 0.3) is 0 Å². The van der Waals surface area contributed by atoms with Gasteiger partial charge < -0.3 is 5.32 Å². The van der Waals surface area contributed by atoms with Gasteiger partial charge >= 0.3 is 0 Å². The number of nitrogens with one attached hydrogen (secondary N) is 1. The third-order valence-electron chi connectivity index (χ3n) is 2.98. The molecule has 0 bridgehead atoms. The van der Waals surface area contributed by atoms with E-state index in [2.05, 4.69) is 31.2 Å². The normalized spacial score (nSPS) is 11.1. The van der Waals surface area contributed by atoms with E-state index < -0.39 is 21.2 Å². The fourth-order valence-electron chi connectivity index (χ4n) is 1.84. The van der Waals surface area contributed by atoms with Crippen LogP contribution in [0, 0.1) is 20.2 Å². The highest BCUT2D eigenvalue weighted by Crippen LogP contribution is 2.36. The van der Waals surface area contributed by atoms with Gasteiger partial charge in [0.25, 0.3) is 11.4 Å². The first-order valence-corrected chi connectivity index (χ1v) is 8.42. The van der Waals surface area contributed by atoms with Crippen molar-refractivity contribution < 1.29 is 14.6 Å². The lowest BCUT2D eigenvalue weighted by Crippen LogP contribution is -2.10. The number of nitro benzene ring substituents is 2. The number of pyridine rings is 1. The molecule has 0 saturated carbocycles. The van der Waals surface area contributed by atoms with E-state index in [4.69, 9.17) is 0 Å². The molecule has 0 aliphatic heterocycles. The lowest BCUT2D eigenvalue weighted by Gasteiger charge is -2.10. The van der Waals surface area contributed by atoms with Crippen LogP contribution in [0.15, 0.2) is 44.8 Å². The lowest BCUT2D eigenvalue weighted by molar-refractivity contribution is -0.396. The second-order valence-electron chi connectivity index (χ2n) is 4.63. The summed E-state index contributed by atoms with van der Waals surface area (Å²) in [5, 5.41) is 25.3. The number of aliphatic imine (C=N–C) groups is 1. The number of carbonyl (C=O) groups excluding carboxylic acids is 1. The Labute approximate surface area is 159 Å². The summed E-state index contributed by atoms with van der Waals surface area (Å²) in [4.78, 5) is 40.0. The number of halogens is 1. The number of nitro groups is 2. The number of aldehydes is 1. The highest BCUT2D eigenvalue weighted by Gasteiger charge is 2.25. The molecule has 0 aliphatic rings. The number of carbonyl (C=O) groups is 1. The number of hydrogen-bond acceptors (Lipinski definition) is 8. The minimum absolute atomic E-state index is 0.0548. The molecule has 0 aliphatic carbocycles. The predicted molar refractivity (Wildman–Crippen MR) is 99.9 cm³/mol. The third-order valence-corrected chi connectivity index (χ3v) is 4.58. The van der Waals surface area contributed by atoms with Crippen LogP contribution in [-0.4, -0.2) is 33.3 Å². The molecule has 1 N–H and O–H groups in total. The number of amidine groups is 1. The van der Waals surface area contributed by atoms with Crippen molar-refractivity contribution in [1.29, 1.82) is 0 Å². The van der Waals surface area contributed by atoms with Gasteiger partial charge in [0, 0.05) is 29.3 Å². The van der Waals surface area contributed by atoms with Gasteiger partial charge in [-0.25, -0.2) is 4.98 Å². The zero-order chi connectivity index (χ0) is 19.3. The number of rotatable bonds is 5. The van der Waals surface area contributed by atoms with Crippen molar-refractivity contribution in [3.63, 3.8) is 0 Å². The van der Waals surface area contributed by atoms with Crippen molar-refractivity contribution in [2.45, 2.75) is 4.90 Å². The van der Waals surface area contributed by atoms with Gasteiger partial charge in [-0.05, 0) is 39.8 Å². The van der Waals surface area contributed by atoms with E-state index in [0.717, 1.165) is 28.4 Å². The van der Waals surface area contributed by atoms with E-state index in [-0.39, 0.29) is 15.6 Å². The summed E-state index contributed by atoms with van der Waals surface area (Å²) < 4.78 is 0.764. The largest absolute Gasteiger partial charge is 0.319 e. The first-order valence-electron chi connectivity index (χ1n) is 6.81. The van der Waals surface area contributed by atoms with Gasteiger partial charge in [-0.15, -0.1) is 0 Å². The van der Waals surface area contributed by atoms with Crippen LogP contribution < -0.4 is 5.32 Å². The van der Waals surface area contributed by atoms with Crippen LogP contribution in [0.2, 0.25) is 0 Å². The van der Waals surface area contributed by atoms with Gasteiger partial charge in [-0.1, -0.05) is 0 Å². The molecule has 12 heteroatoms. The highest BCUT2D eigenvalue weighted by molar-refractivity contribution is 9.10. The van der Waals surface area contributed by atoms with Crippen LogP contribution in [0.3, 0.4) is 0 Å². The van der Waals surface area contributed by atoms with Gasteiger partial charge in [0.1, 0.15) is 10.7 Å². The summed E-state index contributed by atoms with van der Waals surface area (Å²) in [6.07, 6.45) is 1.87. The minimum Gasteiger partial charge on any atom is -0.319 e. The van der Waals surface area contributed by atoms with Gasteiger partial charge in [-0.3, -0.25) is 30.0 Å². The number of benzene rings is 1. The van der Waals surface area contributed by atoms with Crippen molar-refractivity contribution in [3.05, 3.63) is 60.7 Å². The Morgan fingerprint density at radius 2 is 2.04 bits per heavy atom. The Kier molecular flexibility index (Phi) is 6.36. The Morgan fingerprint density at radius 3 is 2.54 bits per heavy atom. The second kappa shape index (κ2) is 8.49. The topological polar surface area (TPSA) is 141 Å². The molecule has 2 rings (SSSR count). The average molecular weight is 440 g/mol. The SMILES string of the molecule is CN=C(Nc1ccc(Br)cn1)Sc1c(C=O)cc([N+](=O)[O-])cc1[N+](=O)[O-]. The van der Waals surface area contributed by atoms with Gasteiger partial charge in [0.05, 0.1) is 15.9 Å². The predicted octanol–water partition coefficient (Wildman–Crippen LogP) is 3.66. The molecule has 1 aromatic heterocycles. The number of non-ortho nitro benzene ring substituents is 1. The number of aromatic nitrogens is 1. The average Bonchev–Trinajstić information content (AvgIpc) is 2.62. The maximum absolute atomic E-state index is 11.3. The first-order chi connectivity index (χ1) is 12.3. The van der Waals surface area contributed by atoms with Crippen LogP contribution >= 0.6 is 27.7 Å². The zero-order valence-corrected chi connectivity index (χ0v) is 15.5. The maximum Gasteiger partial charge on any atom is 0.290 e. The lowest BCUT2D eigenvalue weighted by atomic mass is 10.2. The Balaban J connectivity index is 2.42. The Hall–Kier alpha value is -2.86. The van der Waals surface area contributed by atoms with E-state index in [0.29, 0.717) is 12.1 Å². The van der Waals surface area contributed by atoms with E-state index in [1.807, 2.05) is 0 Å². The summed E-state index contributed by atoms with van der Waals surface area (Å²) in [6, 6.07) is 5.17. The maximum atomic E-state index is 11.3. The molecule has 0 unspecified atom stereocenters. The first kappa shape index (κ1) is 19.5. The van der Waals surface area contributed by atoms with Crippen molar-refractivity contribution in [2.24, 2.45) is 4.99 Å². The second-order valence-corrected chi connectivity index (χ2v) is 6.55. The fourth-order valence-corrected chi connectivity index (χ4v) is 2.98. The van der Waals surface area contributed by atoms with Crippen LogP contribution in [-0.2, 0) is 0 Å². The van der Waals surface area contributed by atoms with Crippen LogP contribution in [0.5, 0.6) is 0 Å². The van der Waals surface area contributed by atoms with Gasteiger partial charge in [-0.2, -0.15) is 0 Å². The molecular formula is C14H10BrN5O5S. The summed E-state index contributed by atoms with van der Waals surface area (Å²) >= 11 is 4.06. The summed E-state index contributed by atoms with van der Waals surface area (Å²) in [5.41, 5.74) is -1.28. The van der Waals surface area contributed by atoms with Gasteiger partial charge in [0.2, 0.25) is 0 Å². The quantitative estimate of drug-likeness (QED) is 0.185. The van der Waals surface area contributed by atoms with Crippen LogP contribution in [0.1, 0.15) is 10.4 Å². The molecule has 10 nitrogen and oxygen atoms in total. The number of nitrogens with zero attached hydrogens (tertiary/aromatic N) is 4. The molecule has 1 aromatic carbocycles. The Bertz CT molecular complexity index is 903. The van der Waals surface area contributed by atoms with E-state index >= 15 is 0 Å². The van der Waals surface area contributed by atoms with Gasteiger partial charge in [0.15, 0.2) is 11.5 Å². The van der Waals surface area contributed by atoms with Crippen molar-refractivity contribution in [3.8, 4) is 0 Å². The molecule has 26 heavy (non-hydrogen) atoms. The molecule has 134 valence electrons. The molecule has 0 fully saturated rings. The zero-order valence-electron chi connectivity index (χ0n) is 13.1. The van der Waals surface area contributed by atoms with Crippen LogP contribution in [0.4, 0.5) is 17.2 Å². The Morgan fingerprint density at radius 1 is 1.31 bits per heavy atom. The molecular weight excluding hydrogens is 430 g/mol. The van der Waals surface area contributed by atoms with Crippen molar-refractivity contribution in [2.75, 3.05) is 12.4 Å². The summed E-state index contributed by atoms with van der Waals surface area (Å²) in [7, 11) is 1.45. The molecule has 0 spiro atoms. The molecule has 2 aromatic rings.